The summed E-state index contributed by atoms with van der Waals surface area (Å²) in [6, 6.07) is 0. The largest absolute Gasteiger partial charge is 0.458 e. The topological polar surface area (TPSA) is 38.3 Å². The lowest BCUT2D eigenvalue weighted by Gasteiger charge is -2.32. The standard InChI is InChI=1S/C13H25NO2/c1-5-8-13(3,14-4)11(15)16-12(2)9-6-7-10-12/h14H,5-10H2,1-4H3. The van der Waals surface area contributed by atoms with Crippen molar-refractivity contribution in [1.82, 2.24) is 5.32 Å². The van der Waals surface area contributed by atoms with E-state index in [9.17, 15) is 4.79 Å². The summed E-state index contributed by atoms with van der Waals surface area (Å²) in [5, 5.41) is 3.10. The maximum atomic E-state index is 12.2. The van der Waals surface area contributed by atoms with Crippen LogP contribution in [0.1, 0.15) is 59.3 Å². The minimum atomic E-state index is -0.527. The quantitative estimate of drug-likeness (QED) is 0.734. The van der Waals surface area contributed by atoms with Crippen molar-refractivity contribution in [2.75, 3.05) is 7.05 Å². The normalized spacial score (nSPS) is 22.8. The molecular formula is C13H25NO2. The van der Waals surface area contributed by atoms with Crippen LogP contribution in [0.15, 0.2) is 0 Å². The van der Waals surface area contributed by atoms with Gasteiger partial charge in [-0.05, 0) is 53.0 Å². The molecule has 94 valence electrons. The molecule has 1 fully saturated rings. The molecule has 1 rings (SSSR count). The van der Waals surface area contributed by atoms with Crippen molar-refractivity contribution in [3.8, 4) is 0 Å². The van der Waals surface area contributed by atoms with Crippen LogP contribution < -0.4 is 5.32 Å². The Kier molecular flexibility index (Phi) is 4.36. The monoisotopic (exact) mass is 227 g/mol. The van der Waals surface area contributed by atoms with Gasteiger partial charge in [0.2, 0.25) is 0 Å². The zero-order chi connectivity index (χ0) is 12.2. The van der Waals surface area contributed by atoms with Crippen LogP contribution in [0.2, 0.25) is 0 Å². The third kappa shape index (κ3) is 2.97. The van der Waals surface area contributed by atoms with Crippen molar-refractivity contribution in [1.29, 1.82) is 0 Å². The van der Waals surface area contributed by atoms with E-state index < -0.39 is 5.54 Å². The Morgan fingerprint density at radius 1 is 1.44 bits per heavy atom. The Balaban J connectivity index is 2.62. The molecule has 0 aromatic rings. The zero-order valence-electron chi connectivity index (χ0n) is 11.1. The van der Waals surface area contributed by atoms with Crippen molar-refractivity contribution in [2.45, 2.75) is 70.4 Å². The number of hydrogen-bond donors (Lipinski definition) is 1. The van der Waals surface area contributed by atoms with Gasteiger partial charge in [0.1, 0.15) is 11.1 Å². The molecule has 3 nitrogen and oxygen atoms in total. The average molecular weight is 227 g/mol. The van der Waals surface area contributed by atoms with E-state index in [1.54, 1.807) is 0 Å². The van der Waals surface area contributed by atoms with Gasteiger partial charge in [-0.2, -0.15) is 0 Å². The van der Waals surface area contributed by atoms with Crippen LogP contribution in [0, 0.1) is 0 Å². The Bertz CT molecular complexity index is 246. The van der Waals surface area contributed by atoms with E-state index in [2.05, 4.69) is 19.2 Å². The van der Waals surface area contributed by atoms with E-state index in [1.165, 1.54) is 12.8 Å². The molecular weight excluding hydrogens is 202 g/mol. The molecule has 0 bridgehead atoms. The van der Waals surface area contributed by atoms with Gasteiger partial charge in [0.15, 0.2) is 0 Å². The SMILES string of the molecule is CCCC(C)(NC)C(=O)OC1(C)CCCC1. The van der Waals surface area contributed by atoms with Gasteiger partial charge in [-0.3, -0.25) is 4.79 Å². The fourth-order valence-electron chi connectivity index (χ4n) is 2.39. The fourth-order valence-corrected chi connectivity index (χ4v) is 2.39. The van der Waals surface area contributed by atoms with Crippen LogP contribution in [0.4, 0.5) is 0 Å². The lowest BCUT2D eigenvalue weighted by atomic mass is 9.95. The summed E-state index contributed by atoms with van der Waals surface area (Å²) in [5.41, 5.74) is -0.747. The first-order valence-electron chi connectivity index (χ1n) is 6.38. The first kappa shape index (κ1) is 13.5. The van der Waals surface area contributed by atoms with Crippen molar-refractivity contribution >= 4 is 5.97 Å². The van der Waals surface area contributed by atoms with Gasteiger partial charge in [0.25, 0.3) is 0 Å². The zero-order valence-corrected chi connectivity index (χ0v) is 11.1. The Morgan fingerprint density at radius 2 is 2.00 bits per heavy atom. The maximum Gasteiger partial charge on any atom is 0.326 e. The van der Waals surface area contributed by atoms with Crippen LogP contribution >= 0.6 is 0 Å². The van der Waals surface area contributed by atoms with Crippen LogP contribution in [0.25, 0.3) is 0 Å². The summed E-state index contributed by atoms with van der Waals surface area (Å²) in [6.07, 6.45) is 6.15. The summed E-state index contributed by atoms with van der Waals surface area (Å²) in [6.45, 7) is 6.07. The molecule has 1 saturated carbocycles. The highest BCUT2D eigenvalue weighted by atomic mass is 16.6. The van der Waals surface area contributed by atoms with Crippen molar-refractivity contribution < 1.29 is 9.53 Å². The number of nitrogens with one attached hydrogen (secondary N) is 1. The minimum absolute atomic E-state index is 0.0961. The molecule has 1 N–H and O–H groups in total. The molecule has 1 aliphatic rings. The second-order valence-corrected chi connectivity index (χ2v) is 5.38. The van der Waals surface area contributed by atoms with Crippen molar-refractivity contribution in [2.24, 2.45) is 0 Å². The highest BCUT2D eigenvalue weighted by molar-refractivity contribution is 5.80. The molecule has 1 aliphatic carbocycles. The molecule has 1 atom stereocenters. The number of rotatable bonds is 5. The molecule has 0 aromatic carbocycles. The minimum Gasteiger partial charge on any atom is -0.458 e. The summed E-state index contributed by atoms with van der Waals surface area (Å²) >= 11 is 0. The second-order valence-electron chi connectivity index (χ2n) is 5.38. The molecule has 0 amide bonds. The Labute approximate surface area is 98.9 Å². The highest BCUT2D eigenvalue weighted by Crippen LogP contribution is 2.34. The van der Waals surface area contributed by atoms with Gasteiger partial charge in [-0.25, -0.2) is 0 Å². The van der Waals surface area contributed by atoms with Gasteiger partial charge in [-0.15, -0.1) is 0 Å². The average Bonchev–Trinajstić information content (AvgIpc) is 2.65. The summed E-state index contributed by atoms with van der Waals surface area (Å²) < 4.78 is 5.71. The first-order chi connectivity index (χ1) is 7.46. The van der Waals surface area contributed by atoms with Crippen LogP contribution in [-0.2, 0) is 9.53 Å². The van der Waals surface area contributed by atoms with E-state index in [1.807, 2.05) is 14.0 Å². The summed E-state index contributed by atoms with van der Waals surface area (Å²) in [5.74, 6) is -0.0961. The number of ether oxygens (including phenoxy) is 1. The summed E-state index contributed by atoms with van der Waals surface area (Å²) in [4.78, 5) is 12.2. The van der Waals surface area contributed by atoms with Crippen LogP contribution in [-0.4, -0.2) is 24.2 Å². The first-order valence-corrected chi connectivity index (χ1v) is 6.38. The van der Waals surface area contributed by atoms with Gasteiger partial charge >= 0.3 is 5.97 Å². The van der Waals surface area contributed by atoms with E-state index in [0.717, 1.165) is 25.7 Å². The van der Waals surface area contributed by atoms with E-state index in [0.29, 0.717) is 0 Å². The predicted molar refractivity (Wildman–Crippen MR) is 65.3 cm³/mol. The number of carbonyl (C=O) groups is 1. The fraction of sp³-hybridized carbons (Fsp3) is 0.923. The van der Waals surface area contributed by atoms with Crippen molar-refractivity contribution in [3.05, 3.63) is 0 Å². The molecule has 0 aromatic heterocycles. The molecule has 3 heteroatoms. The van der Waals surface area contributed by atoms with Gasteiger partial charge in [0, 0.05) is 0 Å². The van der Waals surface area contributed by atoms with Gasteiger partial charge in [0.05, 0.1) is 0 Å². The van der Waals surface area contributed by atoms with Crippen molar-refractivity contribution in [3.63, 3.8) is 0 Å². The molecule has 16 heavy (non-hydrogen) atoms. The summed E-state index contributed by atoms with van der Waals surface area (Å²) in [7, 11) is 1.83. The molecule has 0 saturated heterocycles. The van der Waals surface area contributed by atoms with Crippen LogP contribution in [0.3, 0.4) is 0 Å². The molecule has 1 unspecified atom stereocenters. The lowest BCUT2D eigenvalue weighted by molar-refractivity contribution is -0.165. The number of esters is 1. The molecule has 0 spiro atoms. The van der Waals surface area contributed by atoms with E-state index >= 15 is 0 Å². The number of hydrogen-bond acceptors (Lipinski definition) is 3. The third-order valence-electron chi connectivity index (χ3n) is 3.75. The van der Waals surface area contributed by atoms with E-state index in [4.69, 9.17) is 4.74 Å². The molecule has 0 aliphatic heterocycles. The number of likely N-dealkylation sites (N-methyl/N-ethyl adjacent to an activating group) is 1. The maximum absolute atomic E-state index is 12.2. The lowest BCUT2D eigenvalue weighted by Crippen LogP contribution is -2.51. The third-order valence-corrected chi connectivity index (χ3v) is 3.75. The van der Waals surface area contributed by atoms with Gasteiger partial charge < -0.3 is 10.1 Å². The van der Waals surface area contributed by atoms with Gasteiger partial charge in [-0.1, -0.05) is 13.3 Å². The molecule has 0 radical (unpaired) electrons. The smallest absolute Gasteiger partial charge is 0.326 e. The Hall–Kier alpha value is -0.570. The van der Waals surface area contributed by atoms with E-state index in [-0.39, 0.29) is 11.6 Å². The molecule has 0 heterocycles. The van der Waals surface area contributed by atoms with Crippen LogP contribution in [0.5, 0.6) is 0 Å². The second kappa shape index (κ2) is 5.17. The highest BCUT2D eigenvalue weighted by Gasteiger charge is 2.39. The number of carbonyl (C=O) groups excluding carboxylic acids is 1. The predicted octanol–water partition coefficient (Wildman–Crippen LogP) is 2.64. The Morgan fingerprint density at radius 3 is 2.44 bits per heavy atom.